The molecule has 1 fully saturated rings. The van der Waals surface area contributed by atoms with Gasteiger partial charge in [-0.15, -0.1) is 0 Å². The first kappa shape index (κ1) is 19.3. The molecule has 0 radical (unpaired) electrons. The molecule has 1 aliphatic heterocycles. The molecular formula is C20H27N5O2. The van der Waals surface area contributed by atoms with E-state index in [0.29, 0.717) is 5.56 Å². The van der Waals surface area contributed by atoms with E-state index >= 15 is 0 Å². The molecule has 0 aliphatic carbocycles. The van der Waals surface area contributed by atoms with Gasteiger partial charge in [-0.05, 0) is 19.1 Å². The second-order valence-corrected chi connectivity index (χ2v) is 7.03. The Morgan fingerprint density at radius 3 is 2.81 bits per heavy atom. The highest BCUT2D eigenvalue weighted by atomic mass is 16.5. The monoisotopic (exact) mass is 369 g/mol. The zero-order chi connectivity index (χ0) is 19.2. The standard InChI is InChI=1S/C20H27N5O2/c1-15(14-25-7-9-27-10-8-25)22-20(26)17-6-4-5-16(11-17)18-12-21-13-19(23-18)24(2)3/h4-6,11-13,15H,7-10,14H2,1-3H3,(H,22,26)/t15-/m0/s1. The molecule has 7 heteroatoms. The topological polar surface area (TPSA) is 70.6 Å². The second kappa shape index (κ2) is 8.92. The van der Waals surface area contributed by atoms with Crippen molar-refractivity contribution in [3.8, 4) is 11.3 Å². The lowest BCUT2D eigenvalue weighted by atomic mass is 10.1. The Balaban J connectivity index is 1.67. The lowest BCUT2D eigenvalue weighted by molar-refractivity contribution is 0.0342. The highest BCUT2D eigenvalue weighted by Crippen LogP contribution is 2.20. The molecule has 0 unspecified atom stereocenters. The van der Waals surface area contributed by atoms with Gasteiger partial charge in [0.1, 0.15) is 5.82 Å². The molecule has 7 nitrogen and oxygen atoms in total. The van der Waals surface area contributed by atoms with E-state index in [1.807, 2.05) is 50.2 Å². The Bertz CT molecular complexity index is 774. The number of carbonyl (C=O) groups is 1. The summed E-state index contributed by atoms with van der Waals surface area (Å²) in [6.07, 6.45) is 3.43. The SMILES string of the molecule is C[C@@H](CN1CCOCC1)NC(=O)c1cccc(-c2cncc(N(C)C)n2)c1. The van der Waals surface area contributed by atoms with Gasteiger partial charge in [0.05, 0.1) is 31.3 Å². The van der Waals surface area contributed by atoms with Gasteiger partial charge in [0, 0.05) is 50.9 Å². The molecule has 1 amide bonds. The number of hydrogen-bond donors (Lipinski definition) is 1. The van der Waals surface area contributed by atoms with E-state index in [-0.39, 0.29) is 11.9 Å². The molecule has 1 aliphatic rings. The van der Waals surface area contributed by atoms with Gasteiger partial charge in [-0.2, -0.15) is 0 Å². The van der Waals surface area contributed by atoms with Crippen LogP contribution in [-0.4, -0.2) is 73.8 Å². The molecule has 2 heterocycles. The largest absolute Gasteiger partial charge is 0.379 e. The maximum Gasteiger partial charge on any atom is 0.251 e. The molecule has 27 heavy (non-hydrogen) atoms. The van der Waals surface area contributed by atoms with Crippen molar-refractivity contribution >= 4 is 11.7 Å². The van der Waals surface area contributed by atoms with Gasteiger partial charge in [-0.1, -0.05) is 12.1 Å². The third kappa shape index (κ3) is 5.24. The number of nitrogens with zero attached hydrogens (tertiary/aromatic N) is 4. The van der Waals surface area contributed by atoms with Crippen molar-refractivity contribution in [1.82, 2.24) is 20.2 Å². The first-order valence-corrected chi connectivity index (χ1v) is 9.23. The Kier molecular flexibility index (Phi) is 6.36. The maximum atomic E-state index is 12.7. The van der Waals surface area contributed by atoms with Crippen molar-refractivity contribution in [2.24, 2.45) is 0 Å². The molecular weight excluding hydrogens is 342 g/mol. The van der Waals surface area contributed by atoms with Crippen LogP contribution in [0.3, 0.4) is 0 Å². The van der Waals surface area contributed by atoms with Gasteiger partial charge in [0.15, 0.2) is 0 Å². The van der Waals surface area contributed by atoms with Crippen LogP contribution in [0.15, 0.2) is 36.7 Å². The summed E-state index contributed by atoms with van der Waals surface area (Å²) in [7, 11) is 3.85. The number of carbonyl (C=O) groups excluding carboxylic acids is 1. The fraction of sp³-hybridized carbons (Fsp3) is 0.450. The molecule has 1 N–H and O–H groups in total. The van der Waals surface area contributed by atoms with Crippen molar-refractivity contribution in [1.29, 1.82) is 0 Å². The molecule has 1 atom stereocenters. The zero-order valence-electron chi connectivity index (χ0n) is 16.2. The van der Waals surface area contributed by atoms with Crippen LogP contribution in [-0.2, 0) is 4.74 Å². The fourth-order valence-corrected chi connectivity index (χ4v) is 3.05. The average Bonchev–Trinajstić information content (AvgIpc) is 2.69. The number of amides is 1. The third-order valence-electron chi connectivity index (χ3n) is 4.51. The summed E-state index contributed by atoms with van der Waals surface area (Å²) >= 11 is 0. The maximum absolute atomic E-state index is 12.7. The lowest BCUT2D eigenvalue weighted by Crippen LogP contribution is -2.46. The van der Waals surface area contributed by atoms with Crippen LogP contribution in [0, 0.1) is 0 Å². The Morgan fingerprint density at radius 2 is 2.07 bits per heavy atom. The fourth-order valence-electron chi connectivity index (χ4n) is 3.05. The number of anilines is 1. The predicted octanol–water partition coefficient (Wildman–Crippen LogP) is 1.66. The van der Waals surface area contributed by atoms with Crippen molar-refractivity contribution < 1.29 is 9.53 Å². The summed E-state index contributed by atoms with van der Waals surface area (Å²) < 4.78 is 5.37. The van der Waals surface area contributed by atoms with Crippen LogP contribution in [0.2, 0.25) is 0 Å². The van der Waals surface area contributed by atoms with Gasteiger partial charge in [-0.3, -0.25) is 14.7 Å². The van der Waals surface area contributed by atoms with E-state index in [1.165, 1.54) is 0 Å². The van der Waals surface area contributed by atoms with E-state index in [2.05, 4.69) is 20.2 Å². The van der Waals surface area contributed by atoms with Gasteiger partial charge in [0.2, 0.25) is 0 Å². The number of benzene rings is 1. The number of morpholine rings is 1. The van der Waals surface area contributed by atoms with Gasteiger partial charge in [0.25, 0.3) is 5.91 Å². The molecule has 3 rings (SSSR count). The van der Waals surface area contributed by atoms with E-state index < -0.39 is 0 Å². The highest BCUT2D eigenvalue weighted by molar-refractivity contribution is 5.95. The Labute approximate surface area is 160 Å². The van der Waals surface area contributed by atoms with Crippen molar-refractivity contribution in [3.63, 3.8) is 0 Å². The van der Waals surface area contributed by atoms with Crippen molar-refractivity contribution in [3.05, 3.63) is 42.2 Å². The average molecular weight is 369 g/mol. The van der Waals surface area contributed by atoms with Crippen LogP contribution in [0.25, 0.3) is 11.3 Å². The van der Waals surface area contributed by atoms with Gasteiger partial charge < -0.3 is 15.0 Å². The van der Waals surface area contributed by atoms with Gasteiger partial charge in [-0.25, -0.2) is 4.98 Å². The number of hydrogen-bond acceptors (Lipinski definition) is 6. The normalized spacial score (nSPS) is 16.0. The zero-order valence-corrected chi connectivity index (χ0v) is 16.2. The summed E-state index contributed by atoms with van der Waals surface area (Å²) in [5, 5.41) is 3.09. The molecule has 144 valence electrons. The summed E-state index contributed by atoms with van der Waals surface area (Å²) in [5.74, 6) is 0.704. The first-order valence-electron chi connectivity index (χ1n) is 9.23. The summed E-state index contributed by atoms with van der Waals surface area (Å²) in [6.45, 7) is 6.20. The van der Waals surface area contributed by atoms with Crippen LogP contribution in [0.5, 0.6) is 0 Å². The quantitative estimate of drug-likeness (QED) is 0.835. The molecule has 1 aromatic heterocycles. The molecule has 2 aromatic rings. The first-order chi connectivity index (χ1) is 13.0. The Hall–Kier alpha value is -2.51. The van der Waals surface area contributed by atoms with E-state index in [1.54, 1.807) is 12.4 Å². The smallest absolute Gasteiger partial charge is 0.251 e. The Morgan fingerprint density at radius 1 is 1.30 bits per heavy atom. The molecule has 1 aromatic carbocycles. The summed E-state index contributed by atoms with van der Waals surface area (Å²) in [4.78, 5) is 25.7. The molecule has 0 spiro atoms. The second-order valence-electron chi connectivity index (χ2n) is 7.03. The summed E-state index contributed by atoms with van der Waals surface area (Å²) in [6, 6.07) is 7.57. The van der Waals surface area contributed by atoms with Crippen molar-refractivity contribution in [2.75, 3.05) is 51.8 Å². The molecule has 0 bridgehead atoms. The minimum absolute atomic E-state index is 0.0658. The molecule has 0 saturated carbocycles. The highest BCUT2D eigenvalue weighted by Gasteiger charge is 2.16. The van der Waals surface area contributed by atoms with E-state index in [0.717, 1.165) is 49.9 Å². The number of nitrogens with one attached hydrogen (secondary N) is 1. The van der Waals surface area contributed by atoms with Crippen LogP contribution in [0.4, 0.5) is 5.82 Å². The van der Waals surface area contributed by atoms with Crippen molar-refractivity contribution in [2.45, 2.75) is 13.0 Å². The number of rotatable bonds is 6. The number of ether oxygens (including phenoxy) is 1. The van der Waals surface area contributed by atoms with Gasteiger partial charge >= 0.3 is 0 Å². The van der Waals surface area contributed by atoms with E-state index in [9.17, 15) is 4.79 Å². The number of aromatic nitrogens is 2. The minimum Gasteiger partial charge on any atom is -0.379 e. The lowest BCUT2D eigenvalue weighted by Gasteiger charge is -2.29. The minimum atomic E-state index is -0.0747. The van der Waals surface area contributed by atoms with Crippen LogP contribution < -0.4 is 10.2 Å². The predicted molar refractivity (Wildman–Crippen MR) is 106 cm³/mol. The van der Waals surface area contributed by atoms with Crippen LogP contribution >= 0.6 is 0 Å². The van der Waals surface area contributed by atoms with Crippen LogP contribution in [0.1, 0.15) is 17.3 Å². The van der Waals surface area contributed by atoms with E-state index in [4.69, 9.17) is 4.74 Å². The summed E-state index contributed by atoms with van der Waals surface area (Å²) in [5.41, 5.74) is 2.25. The molecule has 1 saturated heterocycles. The third-order valence-corrected chi connectivity index (χ3v) is 4.51.